The number of amides is 1. The molecular weight excluding hydrogens is 490 g/mol. The van der Waals surface area contributed by atoms with Crippen LogP contribution in [-0.4, -0.2) is 49.7 Å². The topological polar surface area (TPSA) is 71.7 Å². The molecule has 34 heavy (non-hydrogen) atoms. The molecule has 1 amide bonds. The first-order valence-electron chi connectivity index (χ1n) is 11.5. The molecule has 0 bridgehead atoms. The second kappa shape index (κ2) is 10.6. The van der Waals surface area contributed by atoms with Crippen molar-refractivity contribution in [3.8, 4) is 0 Å². The number of aromatic nitrogens is 1. The molecule has 0 aliphatic carbocycles. The van der Waals surface area contributed by atoms with Crippen LogP contribution < -0.4 is 4.80 Å². The Kier molecular flexibility index (Phi) is 7.80. The lowest BCUT2D eigenvalue weighted by atomic mass is 9.93. The minimum Gasteiger partial charge on any atom is -0.343 e. The Balaban J connectivity index is 1.28. The van der Waals surface area contributed by atoms with Crippen LogP contribution in [0.1, 0.15) is 30.6 Å². The molecule has 1 aliphatic rings. The molecule has 2 heterocycles. The van der Waals surface area contributed by atoms with Crippen molar-refractivity contribution in [1.29, 1.82) is 0 Å². The number of thiazole rings is 1. The Morgan fingerprint density at radius 3 is 2.59 bits per heavy atom. The van der Waals surface area contributed by atoms with Gasteiger partial charge in [-0.05, 0) is 67.1 Å². The molecule has 1 fully saturated rings. The second-order valence-corrected chi connectivity index (χ2v) is 12.6. The fraction of sp³-hybridized carbons (Fsp3) is 0.440. The lowest BCUT2D eigenvalue weighted by molar-refractivity contribution is -0.132. The van der Waals surface area contributed by atoms with Gasteiger partial charge in [0.2, 0.25) is 5.91 Å². The number of fused-ring (bicyclic) bond motifs is 1. The Bertz CT molecular complexity index is 1350. The summed E-state index contributed by atoms with van der Waals surface area (Å²) in [5.41, 5.74) is 0. The normalized spacial score (nSPS) is 15.9. The number of rotatable bonds is 7. The Hall–Kier alpha value is -2.16. The van der Waals surface area contributed by atoms with Crippen LogP contribution in [-0.2, 0) is 21.2 Å². The number of carbonyl (C=O) groups excluding carboxylic acids is 1. The van der Waals surface area contributed by atoms with E-state index in [2.05, 4.69) is 22.7 Å². The van der Waals surface area contributed by atoms with Crippen LogP contribution in [0.2, 0.25) is 5.02 Å². The third-order valence-corrected chi connectivity index (χ3v) is 9.47. The fourth-order valence-electron chi connectivity index (χ4n) is 4.52. The van der Waals surface area contributed by atoms with Crippen LogP contribution in [0, 0.1) is 12.8 Å². The maximum atomic E-state index is 12.9. The number of sulfone groups is 1. The van der Waals surface area contributed by atoms with Crippen molar-refractivity contribution in [1.82, 2.24) is 9.47 Å². The summed E-state index contributed by atoms with van der Waals surface area (Å²) in [6.07, 6.45) is 5.13. The van der Waals surface area contributed by atoms with Crippen LogP contribution in [0.3, 0.4) is 0 Å². The number of carbonyl (C=O) groups is 1. The lowest BCUT2D eigenvalue weighted by Crippen LogP contribution is -2.39. The first-order chi connectivity index (χ1) is 16.2. The van der Waals surface area contributed by atoms with Crippen molar-refractivity contribution in [2.45, 2.75) is 44.0 Å². The summed E-state index contributed by atoms with van der Waals surface area (Å²) < 4.78 is 27.9. The minimum absolute atomic E-state index is 0.0110. The van der Waals surface area contributed by atoms with E-state index in [4.69, 9.17) is 11.6 Å². The molecule has 0 radical (unpaired) electrons. The third kappa shape index (κ3) is 5.90. The lowest BCUT2D eigenvalue weighted by Gasteiger charge is -2.32. The Morgan fingerprint density at radius 2 is 1.85 bits per heavy atom. The van der Waals surface area contributed by atoms with E-state index in [1.807, 2.05) is 18.0 Å². The van der Waals surface area contributed by atoms with E-state index in [0.717, 1.165) is 41.4 Å². The number of piperidine rings is 1. The smallest absolute Gasteiger partial charge is 0.223 e. The number of halogens is 1. The first-order valence-corrected chi connectivity index (χ1v) is 14.4. The van der Waals surface area contributed by atoms with E-state index < -0.39 is 9.84 Å². The molecule has 1 aromatic heterocycles. The minimum atomic E-state index is -3.54. The number of hydrogen-bond donors (Lipinski definition) is 0. The van der Waals surface area contributed by atoms with Gasteiger partial charge >= 0.3 is 0 Å². The molecule has 0 spiro atoms. The predicted molar refractivity (Wildman–Crippen MR) is 138 cm³/mol. The van der Waals surface area contributed by atoms with E-state index in [0.29, 0.717) is 24.0 Å². The van der Waals surface area contributed by atoms with Crippen molar-refractivity contribution < 1.29 is 13.2 Å². The van der Waals surface area contributed by atoms with E-state index in [1.54, 1.807) is 41.7 Å². The monoisotopic (exact) mass is 519 g/mol. The van der Waals surface area contributed by atoms with Gasteiger partial charge < -0.3 is 9.47 Å². The summed E-state index contributed by atoms with van der Waals surface area (Å²) in [5, 5.41) is 2.31. The molecule has 2 aromatic carbocycles. The standard InChI is InChI=1S/C25H30ClN3O3S2/c1-18-17-29(25(27-2)33-18)13-9-19-7-11-28(12-8-19)24(30)10-14-34(31,32)23-6-4-20-15-22(26)5-3-21(20)16-23/h3-6,15-17,19H,7-14H2,1-2H3. The van der Waals surface area contributed by atoms with Gasteiger partial charge in [-0.25, -0.2) is 8.42 Å². The average molecular weight is 520 g/mol. The van der Waals surface area contributed by atoms with E-state index in [-0.39, 0.29) is 23.0 Å². The number of benzene rings is 2. The molecule has 6 nitrogen and oxygen atoms in total. The van der Waals surface area contributed by atoms with E-state index in [9.17, 15) is 13.2 Å². The average Bonchev–Trinajstić information content (AvgIpc) is 3.20. The van der Waals surface area contributed by atoms with Crippen LogP contribution in [0.25, 0.3) is 10.8 Å². The zero-order valence-corrected chi connectivity index (χ0v) is 21.9. The highest BCUT2D eigenvalue weighted by molar-refractivity contribution is 7.91. The van der Waals surface area contributed by atoms with Crippen LogP contribution in [0.15, 0.2) is 52.5 Å². The van der Waals surface area contributed by atoms with E-state index >= 15 is 0 Å². The van der Waals surface area contributed by atoms with E-state index in [1.165, 1.54) is 4.88 Å². The molecule has 0 atom stereocenters. The highest BCUT2D eigenvalue weighted by Crippen LogP contribution is 2.25. The molecule has 0 unspecified atom stereocenters. The van der Waals surface area contributed by atoms with Gasteiger partial charge in [0.05, 0.1) is 10.6 Å². The van der Waals surface area contributed by atoms with Gasteiger partial charge in [0, 0.05) is 49.2 Å². The summed E-state index contributed by atoms with van der Waals surface area (Å²) in [6, 6.07) is 10.4. The Morgan fingerprint density at radius 1 is 1.15 bits per heavy atom. The van der Waals surface area contributed by atoms with Crippen LogP contribution in [0.5, 0.6) is 0 Å². The van der Waals surface area contributed by atoms with Crippen molar-refractivity contribution in [3.05, 3.63) is 57.3 Å². The predicted octanol–water partition coefficient (Wildman–Crippen LogP) is 4.69. The molecular formula is C25H30ClN3O3S2. The second-order valence-electron chi connectivity index (χ2n) is 8.88. The van der Waals surface area contributed by atoms with Gasteiger partial charge in [0.25, 0.3) is 0 Å². The van der Waals surface area contributed by atoms with Crippen LogP contribution >= 0.6 is 22.9 Å². The molecule has 0 saturated carbocycles. The van der Waals surface area contributed by atoms with Crippen molar-refractivity contribution >= 4 is 49.5 Å². The van der Waals surface area contributed by atoms with Gasteiger partial charge in [-0.15, -0.1) is 11.3 Å². The summed E-state index contributed by atoms with van der Waals surface area (Å²) in [5.74, 6) is 0.309. The maximum absolute atomic E-state index is 12.9. The van der Waals surface area contributed by atoms with Gasteiger partial charge in [-0.2, -0.15) is 0 Å². The molecule has 1 saturated heterocycles. The largest absolute Gasteiger partial charge is 0.343 e. The van der Waals surface area contributed by atoms with Gasteiger partial charge in [-0.1, -0.05) is 23.7 Å². The van der Waals surface area contributed by atoms with Gasteiger partial charge in [-0.3, -0.25) is 9.79 Å². The number of aryl methyl sites for hydroxylation is 2. The molecule has 1 aliphatic heterocycles. The van der Waals surface area contributed by atoms with Crippen molar-refractivity contribution in [2.24, 2.45) is 10.9 Å². The highest BCUT2D eigenvalue weighted by atomic mass is 35.5. The van der Waals surface area contributed by atoms with Crippen LogP contribution in [0.4, 0.5) is 0 Å². The zero-order chi connectivity index (χ0) is 24.3. The quantitative estimate of drug-likeness (QED) is 0.454. The summed E-state index contributed by atoms with van der Waals surface area (Å²) >= 11 is 7.71. The van der Waals surface area contributed by atoms with Gasteiger partial charge in [0.1, 0.15) is 0 Å². The summed E-state index contributed by atoms with van der Waals surface area (Å²) in [4.78, 5) is 21.4. The SMILES string of the molecule is CN=c1sc(C)cn1CCC1CCN(C(=O)CCS(=O)(=O)c2ccc3cc(Cl)ccc3c2)CC1. The molecule has 0 N–H and O–H groups in total. The molecule has 182 valence electrons. The molecule has 3 aromatic rings. The molecule has 9 heteroatoms. The first kappa shape index (κ1) is 24.9. The molecule has 4 rings (SSSR count). The highest BCUT2D eigenvalue weighted by Gasteiger charge is 2.25. The Labute approximate surface area is 209 Å². The summed E-state index contributed by atoms with van der Waals surface area (Å²) in [7, 11) is -1.72. The van der Waals surface area contributed by atoms with Gasteiger partial charge in [0.15, 0.2) is 14.6 Å². The zero-order valence-electron chi connectivity index (χ0n) is 19.5. The summed E-state index contributed by atoms with van der Waals surface area (Å²) in [6.45, 7) is 4.42. The maximum Gasteiger partial charge on any atom is 0.223 e. The fourth-order valence-corrected chi connectivity index (χ4v) is 6.78. The van der Waals surface area contributed by atoms with Crippen molar-refractivity contribution in [2.75, 3.05) is 25.9 Å². The number of hydrogen-bond acceptors (Lipinski definition) is 5. The number of nitrogens with zero attached hydrogens (tertiary/aromatic N) is 3. The number of likely N-dealkylation sites (tertiary alicyclic amines) is 1. The van der Waals surface area contributed by atoms with Crippen molar-refractivity contribution in [3.63, 3.8) is 0 Å². The third-order valence-electron chi connectivity index (χ3n) is 6.49.